The van der Waals surface area contributed by atoms with E-state index in [-0.39, 0.29) is 6.04 Å². The van der Waals surface area contributed by atoms with Gasteiger partial charge in [-0.2, -0.15) is 0 Å². The van der Waals surface area contributed by atoms with Gasteiger partial charge in [-0.15, -0.1) is 0 Å². The molecule has 4 heterocycles. The number of carbonyl (C=O) groups excluding carboxylic acids is 1. The number of amides is 1. The average molecular weight is 431 g/mol. The third kappa shape index (κ3) is 3.83. The molecule has 2 saturated heterocycles. The van der Waals surface area contributed by atoms with Gasteiger partial charge < -0.3 is 15.2 Å². The second-order valence-electron chi connectivity index (χ2n) is 9.91. The van der Waals surface area contributed by atoms with E-state index in [4.69, 9.17) is 0 Å². The van der Waals surface area contributed by atoms with E-state index in [1.807, 2.05) is 0 Å². The summed E-state index contributed by atoms with van der Waals surface area (Å²) in [5.74, 6) is 1.23. The minimum atomic E-state index is 0.0650. The summed E-state index contributed by atoms with van der Waals surface area (Å²) >= 11 is 0. The lowest BCUT2D eigenvalue weighted by atomic mass is 9.87. The van der Waals surface area contributed by atoms with Crippen LogP contribution < -0.4 is 5.32 Å². The molecule has 5 heteroatoms. The SMILES string of the molecule is Cc1cc(-c2[nH]c3ccc(C4CCN(C(=O)C5CCN5)CC4)cc3c2C(C)C)cc(C)n1. The fraction of sp³-hybridized carbons (Fsp3) is 0.481. The van der Waals surface area contributed by atoms with Crippen LogP contribution in [0.25, 0.3) is 22.2 Å². The molecule has 1 amide bonds. The van der Waals surface area contributed by atoms with Gasteiger partial charge in [0.1, 0.15) is 0 Å². The number of likely N-dealkylation sites (tertiary alicyclic amines) is 1. The zero-order valence-electron chi connectivity index (χ0n) is 19.7. The monoisotopic (exact) mass is 430 g/mol. The highest BCUT2D eigenvalue weighted by molar-refractivity contribution is 5.92. The van der Waals surface area contributed by atoms with Crippen LogP contribution in [0.15, 0.2) is 30.3 Å². The number of carbonyl (C=O) groups is 1. The van der Waals surface area contributed by atoms with Crippen LogP contribution in [-0.4, -0.2) is 46.5 Å². The maximum Gasteiger partial charge on any atom is 0.239 e. The van der Waals surface area contributed by atoms with Gasteiger partial charge in [0.15, 0.2) is 0 Å². The molecule has 0 bridgehead atoms. The summed E-state index contributed by atoms with van der Waals surface area (Å²) in [6, 6.07) is 11.3. The molecule has 1 atom stereocenters. The zero-order chi connectivity index (χ0) is 22.4. The second-order valence-corrected chi connectivity index (χ2v) is 9.91. The molecule has 2 N–H and O–H groups in total. The van der Waals surface area contributed by atoms with Crippen LogP contribution in [0.1, 0.15) is 67.5 Å². The van der Waals surface area contributed by atoms with Crippen LogP contribution >= 0.6 is 0 Å². The maximum absolute atomic E-state index is 12.6. The molecule has 1 unspecified atom stereocenters. The van der Waals surface area contributed by atoms with Crippen molar-refractivity contribution in [3.8, 4) is 11.3 Å². The molecule has 1 aromatic carbocycles. The Kier molecular flexibility index (Phi) is 5.54. The van der Waals surface area contributed by atoms with Crippen molar-refractivity contribution in [1.29, 1.82) is 0 Å². The van der Waals surface area contributed by atoms with Crippen LogP contribution in [0, 0.1) is 13.8 Å². The lowest BCUT2D eigenvalue weighted by Gasteiger charge is -2.37. The molecule has 2 aliphatic rings. The van der Waals surface area contributed by atoms with E-state index in [9.17, 15) is 4.79 Å². The summed E-state index contributed by atoms with van der Waals surface area (Å²) in [5.41, 5.74) is 8.52. The summed E-state index contributed by atoms with van der Waals surface area (Å²) in [6.45, 7) is 11.4. The summed E-state index contributed by atoms with van der Waals surface area (Å²) in [7, 11) is 0. The van der Waals surface area contributed by atoms with Crippen molar-refractivity contribution in [2.24, 2.45) is 0 Å². The number of H-pyrrole nitrogens is 1. The van der Waals surface area contributed by atoms with Crippen molar-refractivity contribution in [3.05, 3.63) is 52.8 Å². The fourth-order valence-corrected chi connectivity index (χ4v) is 5.44. The molecule has 0 saturated carbocycles. The Hall–Kier alpha value is -2.66. The quantitative estimate of drug-likeness (QED) is 0.610. The van der Waals surface area contributed by atoms with E-state index in [0.717, 1.165) is 50.3 Å². The normalized spacial score (nSPS) is 19.5. The third-order valence-electron chi connectivity index (χ3n) is 7.21. The van der Waals surface area contributed by atoms with Crippen molar-refractivity contribution in [3.63, 3.8) is 0 Å². The van der Waals surface area contributed by atoms with Crippen molar-refractivity contribution in [1.82, 2.24) is 20.2 Å². The summed E-state index contributed by atoms with van der Waals surface area (Å²) in [6.07, 6.45) is 3.07. The highest BCUT2D eigenvalue weighted by Crippen LogP contribution is 2.38. The highest BCUT2D eigenvalue weighted by atomic mass is 16.2. The second kappa shape index (κ2) is 8.36. The maximum atomic E-state index is 12.6. The first-order chi connectivity index (χ1) is 15.4. The first kappa shape index (κ1) is 21.2. The fourth-order valence-electron chi connectivity index (χ4n) is 5.44. The number of piperidine rings is 1. The van der Waals surface area contributed by atoms with E-state index < -0.39 is 0 Å². The average Bonchev–Trinajstić information content (AvgIpc) is 3.11. The molecule has 2 aliphatic heterocycles. The van der Waals surface area contributed by atoms with Crippen molar-refractivity contribution in [2.45, 2.75) is 64.8 Å². The van der Waals surface area contributed by atoms with Crippen LogP contribution in [0.4, 0.5) is 0 Å². The molecule has 2 fully saturated rings. The molecule has 0 spiro atoms. The Balaban J connectivity index is 1.44. The van der Waals surface area contributed by atoms with Crippen LogP contribution in [0.5, 0.6) is 0 Å². The van der Waals surface area contributed by atoms with Gasteiger partial charge in [-0.05, 0) is 86.9 Å². The van der Waals surface area contributed by atoms with Gasteiger partial charge in [-0.3, -0.25) is 9.78 Å². The predicted octanol–water partition coefficient (Wildman–Crippen LogP) is 5.04. The summed E-state index contributed by atoms with van der Waals surface area (Å²) in [4.78, 5) is 22.9. The van der Waals surface area contributed by atoms with Gasteiger partial charge in [-0.1, -0.05) is 19.9 Å². The van der Waals surface area contributed by atoms with Gasteiger partial charge in [0.25, 0.3) is 0 Å². The largest absolute Gasteiger partial charge is 0.354 e. The number of benzene rings is 1. The molecule has 5 nitrogen and oxygen atoms in total. The lowest BCUT2D eigenvalue weighted by molar-refractivity contribution is -0.136. The van der Waals surface area contributed by atoms with Crippen molar-refractivity contribution < 1.29 is 4.79 Å². The third-order valence-corrected chi connectivity index (χ3v) is 7.21. The lowest BCUT2D eigenvalue weighted by Crippen LogP contribution is -2.55. The van der Waals surface area contributed by atoms with Crippen molar-refractivity contribution in [2.75, 3.05) is 19.6 Å². The number of aromatic amines is 1. The molecule has 5 rings (SSSR count). The van der Waals surface area contributed by atoms with Crippen LogP contribution in [0.3, 0.4) is 0 Å². The number of pyridine rings is 1. The number of rotatable bonds is 4. The van der Waals surface area contributed by atoms with Gasteiger partial charge in [0.2, 0.25) is 5.91 Å². The van der Waals surface area contributed by atoms with E-state index in [2.05, 4.69) is 78.2 Å². The Labute approximate surface area is 190 Å². The van der Waals surface area contributed by atoms with E-state index in [1.54, 1.807) is 0 Å². The number of fused-ring (bicyclic) bond motifs is 1. The van der Waals surface area contributed by atoms with E-state index >= 15 is 0 Å². The number of nitrogens with one attached hydrogen (secondary N) is 2. The van der Waals surface area contributed by atoms with Gasteiger partial charge in [0.05, 0.1) is 11.7 Å². The predicted molar refractivity (Wildman–Crippen MR) is 130 cm³/mol. The topological polar surface area (TPSA) is 61.0 Å². The first-order valence-corrected chi connectivity index (χ1v) is 12.0. The number of hydrogen-bond acceptors (Lipinski definition) is 3. The van der Waals surface area contributed by atoms with Crippen molar-refractivity contribution >= 4 is 16.8 Å². The minimum absolute atomic E-state index is 0.0650. The molecule has 0 radical (unpaired) electrons. The van der Waals surface area contributed by atoms with Crippen LogP contribution in [0.2, 0.25) is 0 Å². The Morgan fingerprint density at radius 3 is 2.34 bits per heavy atom. The smallest absolute Gasteiger partial charge is 0.239 e. The van der Waals surface area contributed by atoms with E-state index in [0.29, 0.717) is 17.7 Å². The molecular formula is C27H34N4O. The molecule has 2 aromatic heterocycles. The molecule has 0 aliphatic carbocycles. The Bertz CT molecular complexity index is 1130. The summed E-state index contributed by atoms with van der Waals surface area (Å²) in [5, 5.41) is 4.58. The summed E-state index contributed by atoms with van der Waals surface area (Å²) < 4.78 is 0. The first-order valence-electron chi connectivity index (χ1n) is 12.0. The molecule has 3 aromatic rings. The van der Waals surface area contributed by atoms with Gasteiger partial charge >= 0.3 is 0 Å². The molecule has 168 valence electrons. The van der Waals surface area contributed by atoms with E-state index in [1.165, 1.54) is 33.3 Å². The zero-order valence-corrected chi connectivity index (χ0v) is 19.7. The van der Waals surface area contributed by atoms with Crippen LogP contribution in [-0.2, 0) is 4.79 Å². The Morgan fingerprint density at radius 1 is 1.06 bits per heavy atom. The number of aryl methyl sites for hydroxylation is 2. The number of nitrogens with zero attached hydrogens (tertiary/aromatic N) is 2. The van der Waals surface area contributed by atoms with Gasteiger partial charge in [-0.25, -0.2) is 0 Å². The highest BCUT2D eigenvalue weighted by Gasteiger charge is 2.31. The minimum Gasteiger partial charge on any atom is -0.354 e. The molecular weight excluding hydrogens is 396 g/mol. The number of aromatic nitrogens is 2. The Morgan fingerprint density at radius 2 is 1.75 bits per heavy atom. The molecule has 32 heavy (non-hydrogen) atoms. The van der Waals surface area contributed by atoms with Gasteiger partial charge in [0, 0.05) is 40.9 Å². The number of hydrogen-bond donors (Lipinski definition) is 2. The standard InChI is InChI=1S/C27H34N4O/c1-16(2)25-22-15-20(19-8-11-31(12-9-19)27(32)24-7-10-28-24)5-6-23(22)30-26(25)21-13-17(3)29-18(4)14-21/h5-6,13-16,19,24,28,30H,7-12H2,1-4H3.